The van der Waals surface area contributed by atoms with Crippen molar-refractivity contribution < 1.29 is 19.4 Å². The Morgan fingerprint density at radius 1 is 1.28 bits per heavy atom. The molecule has 1 aliphatic heterocycles. The van der Waals surface area contributed by atoms with Crippen LogP contribution in [-0.2, 0) is 9.47 Å². The van der Waals surface area contributed by atoms with Gasteiger partial charge in [0.2, 0.25) is 0 Å². The van der Waals surface area contributed by atoms with E-state index in [-0.39, 0.29) is 11.7 Å². The normalized spacial score (nSPS) is 14.4. The van der Waals surface area contributed by atoms with Gasteiger partial charge < -0.3 is 19.5 Å². The number of ether oxygens (including phenoxy) is 2. The number of carbonyl (C=O) groups excluding carboxylic acids is 1. The van der Waals surface area contributed by atoms with Crippen LogP contribution in [-0.4, -0.2) is 50.2 Å². The highest BCUT2D eigenvalue weighted by Gasteiger charge is 2.20. The van der Waals surface area contributed by atoms with Crippen LogP contribution in [0.5, 0.6) is 5.75 Å². The molecule has 29 heavy (non-hydrogen) atoms. The van der Waals surface area contributed by atoms with Crippen LogP contribution in [0, 0.1) is 0 Å². The summed E-state index contributed by atoms with van der Waals surface area (Å²) in [6.45, 7) is 5.02. The summed E-state index contributed by atoms with van der Waals surface area (Å²) < 4.78 is 12.2. The van der Waals surface area contributed by atoms with Crippen molar-refractivity contribution in [2.75, 3.05) is 37.8 Å². The lowest BCUT2D eigenvalue weighted by molar-refractivity contribution is 0.0505. The molecule has 0 saturated carbocycles. The van der Waals surface area contributed by atoms with Gasteiger partial charge in [-0.3, -0.25) is 4.99 Å². The summed E-state index contributed by atoms with van der Waals surface area (Å²) in [5.41, 5.74) is 2.45. The molecule has 0 aliphatic carbocycles. The lowest BCUT2D eigenvalue weighted by Crippen LogP contribution is -2.37. The van der Waals surface area contributed by atoms with Gasteiger partial charge in [-0.05, 0) is 52.7 Å². The number of rotatable bonds is 6. The van der Waals surface area contributed by atoms with Gasteiger partial charge in [0.15, 0.2) is 0 Å². The van der Waals surface area contributed by atoms with Gasteiger partial charge in [-0.15, -0.1) is 0 Å². The third-order valence-electron chi connectivity index (χ3n) is 4.40. The topological polar surface area (TPSA) is 71.4 Å². The van der Waals surface area contributed by atoms with Crippen molar-refractivity contribution in [2.45, 2.75) is 13.3 Å². The van der Waals surface area contributed by atoms with Crippen LogP contribution in [0.4, 0.5) is 11.4 Å². The Hall–Kier alpha value is -1.90. The molecule has 1 N–H and O–H groups in total. The molecule has 0 bridgehead atoms. The number of halogens is 2. The Morgan fingerprint density at radius 2 is 2.03 bits per heavy atom. The van der Waals surface area contributed by atoms with E-state index in [2.05, 4.69) is 41.8 Å². The number of hydrogen-bond donors (Lipinski definition) is 1. The summed E-state index contributed by atoms with van der Waals surface area (Å²) in [4.78, 5) is 19.2. The average Bonchev–Trinajstić information content (AvgIpc) is 2.74. The van der Waals surface area contributed by atoms with Crippen molar-refractivity contribution in [3.63, 3.8) is 0 Å². The fourth-order valence-corrected chi connectivity index (χ4v) is 4.21. The molecule has 0 amide bonds. The molecule has 0 unspecified atom stereocenters. The minimum Gasteiger partial charge on any atom is -0.506 e. The number of aromatic hydroxyl groups is 1. The maximum absolute atomic E-state index is 12.7. The molecule has 0 atom stereocenters. The Labute approximate surface area is 186 Å². The first-order valence-corrected chi connectivity index (χ1v) is 10.9. The molecule has 1 heterocycles. The number of carbonyl (C=O) groups is 1. The number of morpholine rings is 1. The summed E-state index contributed by atoms with van der Waals surface area (Å²) in [6.07, 6.45) is 2.32. The van der Waals surface area contributed by atoms with Gasteiger partial charge in [0.05, 0.1) is 41.2 Å². The van der Waals surface area contributed by atoms with Crippen LogP contribution in [0.1, 0.15) is 29.3 Å². The van der Waals surface area contributed by atoms with Gasteiger partial charge in [-0.1, -0.05) is 22.9 Å². The second-order valence-electron chi connectivity index (χ2n) is 6.52. The zero-order valence-electron chi connectivity index (χ0n) is 16.0. The lowest BCUT2D eigenvalue weighted by Gasteiger charge is -2.30. The highest BCUT2D eigenvalue weighted by Crippen LogP contribution is 2.32. The number of aliphatic imine (C=N–C) groups is 1. The molecule has 2 aromatic carbocycles. The molecule has 1 saturated heterocycles. The minimum atomic E-state index is -0.363. The minimum absolute atomic E-state index is 0.101. The van der Waals surface area contributed by atoms with Crippen molar-refractivity contribution in [3.8, 4) is 5.75 Å². The zero-order chi connectivity index (χ0) is 20.8. The number of anilines is 1. The molecule has 8 heteroatoms. The second kappa shape index (κ2) is 10.2. The average molecular weight is 526 g/mol. The predicted octanol–water partition coefficient (Wildman–Crippen LogP) is 5.07. The van der Waals surface area contributed by atoms with Crippen LogP contribution >= 0.6 is 31.9 Å². The van der Waals surface area contributed by atoms with E-state index in [0.29, 0.717) is 41.1 Å². The standard InChI is InChI=1S/C21H22Br2N2O4/c1-2-7-29-21(27)17-12-16(3-4-19(17)25-5-8-28-9-6-25)24-13-14-10-15(22)11-18(23)20(14)26/h3-4,10-13,26H,2,5-9H2,1H3. The molecule has 1 fully saturated rings. The lowest BCUT2D eigenvalue weighted by atomic mass is 10.1. The van der Waals surface area contributed by atoms with Crippen molar-refractivity contribution in [1.29, 1.82) is 0 Å². The number of esters is 1. The van der Waals surface area contributed by atoms with Crippen molar-refractivity contribution >= 4 is 55.4 Å². The summed E-state index contributed by atoms with van der Waals surface area (Å²) in [6, 6.07) is 8.98. The van der Waals surface area contributed by atoms with Crippen molar-refractivity contribution in [1.82, 2.24) is 0 Å². The quantitative estimate of drug-likeness (QED) is 0.421. The van der Waals surface area contributed by atoms with Crippen LogP contribution in [0.25, 0.3) is 0 Å². The van der Waals surface area contributed by atoms with Crippen LogP contribution in [0.15, 0.2) is 44.3 Å². The van der Waals surface area contributed by atoms with Crippen LogP contribution in [0.2, 0.25) is 0 Å². The zero-order valence-corrected chi connectivity index (χ0v) is 19.2. The Kier molecular flexibility index (Phi) is 7.69. The summed E-state index contributed by atoms with van der Waals surface area (Å²) in [5, 5.41) is 10.2. The molecule has 0 aromatic heterocycles. The monoisotopic (exact) mass is 524 g/mol. The van der Waals surface area contributed by atoms with Gasteiger partial charge >= 0.3 is 5.97 Å². The largest absolute Gasteiger partial charge is 0.506 e. The number of phenolic OH excluding ortho intramolecular Hbond substituents is 1. The second-order valence-corrected chi connectivity index (χ2v) is 8.29. The van der Waals surface area contributed by atoms with E-state index in [1.807, 2.05) is 19.1 Å². The van der Waals surface area contributed by atoms with E-state index in [1.54, 1.807) is 24.4 Å². The van der Waals surface area contributed by atoms with Gasteiger partial charge in [0.25, 0.3) is 0 Å². The molecular formula is C21H22Br2N2O4. The molecule has 2 aromatic rings. The first kappa shape index (κ1) is 21.8. The molecule has 0 radical (unpaired) electrons. The van der Waals surface area contributed by atoms with E-state index in [4.69, 9.17) is 9.47 Å². The Balaban J connectivity index is 1.92. The van der Waals surface area contributed by atoms with E-state index >= 15 is 0 Å². The van der Waals surface area contributed by atoms with Gasteiger partial charge in [0.1, 0.15) is 5.75 Å². The number of phenols is 1. The highest BCUT2D eigenvalue weighted by molar-refractivity contribution is 9.11. The third kappa shape index (κ3) is 5.58. The van der Waals surface area contributed by atoms with Crippen LogP contribution in [0.3, 0.4) is 0 Å². The first-order chi connectivity index (χ1) is 14.0. The first-order valence-electron chi connectivity index (χ1n) is 9.35. The summed E-state index contributed by atoms with van der Waals surface area (Å²) in [7, 11) is 0. The highest BCUT2D eigenvalue weighted by atomic mass is 79.9. The number of hydrogen-bond acceptors (Lipinski definition) is 6. The smallest absolute Gasteiger partial charge is 0.340 e. The number of benzene rings is 2. The van der Waals surface area contributed by atoms with Gasteiger partial charge in [-0.25, -0.2) is 4.79 Å². The van der Waals surface area contributed by atoms with E-state index in [0.717, 1.165) is 29.7 Å². The maximum atomic E-state index is 12.7. The van der Waals surface area contributed by atoms with Crippen molar-refractivity contribution in [2.24, 2.45) is 4.99 Å². The van der Waals surface area contributed by atoms with E-state index < -0.39 is 0 Å². The van der Waals surface area contributed by atoms with E-state index in [9.17, 15) is 9.90 Å². The van der Waals surface area contributed by atoms with Gasteiger partial charge in [0, 0.05) is 29.3 Å². The summed E-state index contributed by atoms with van der Waals surface area (Å²) in [5.74, 6) is -0.261. The molecule has 154 valence electrons. The predicted molar refractivity (Wildman–Crippen MR) is 121 cm³/mol. The fraction of sp³-hybridized carbons (Fsp3) is 0.333. The van der Waals surface area contributed by atoms with Crippen molar-refractivity contribution in [3.05, 3.63) is 50.4 Å². The van der Waals surface area contributed by atoms with Gasteiger partial charge in [-0.2, -0.15) is 0 Å². The molecule has 6 nitrogen and oxygen atoms in total. The maximum Gasteiger partial charge on any atom is 0.340 e. The Morgan fingerprint density at radius 3 is 2.76 bits per heavy atom. The fourth-order valence-electron chi connectivity index (χ4n) is 2.95. The van der Waals surface area contributed by atoms with E-state index in [1.165, 1.54) is 0 Å². The molecular weight excluding hydrogens is 504 g/mol. The summed E-state index contributed by atoms with van der Waals surface area (Å²) >= 11 is 6.71. The SMILES string of the molecule is CCCOC(=O)c1cc(N=Cc2cc(Br)cc(Br)c2O)ccc1N1CCOCC1. The number of nitrogens with zero attached hydrogens (tertiary/aromatic N) is 2. The third-order valence-corrected chi connectivity index (χ3v) is 5.46. The molecule has 1 aliphatic rings. The molecule has 3 rings (SSSR count). The Bertz CT molecular complexity index is 912. The van der Waals surface area contributed by atoms with Crippen LogP contribution < -0.4 is 4.90 Å². The molecule has 0 spiro atoms.